The van der Waals surface area contributed by atoms with Gasteiger partial charge in [-0.3, -0.25) is 0 Å². The largest absolute Gasteiger partial charge is 0.382 e. The molecule has 1 heterocycles. The van der Waals surface area contributed by atoms with Gasteiger partial charge in [0, 0.05) is 31.5 Å². The lowest BCUT2D eigenvalue weighted by atomic mass is 10.4. The van der Waals surface area contributed by atoms with Gasteiger partial charge in [-0.15, -0.1) is 0 Å². The zero-order chi connectivity index (χ0) is 11.1. The molecule has 0 aliphatic rings. The Morgan fingerprint density at radius 3 is 2.80 bits per heavy atom. The van der Waals surface area contributed by atoms with Crippen LogP contribution in [-0.2, 0) is 4.74 Å². The third-order valence-corrected chi connectivity index (χ3v) is 1.94. The summed E-state index contributed by atoms with van der Waals surface area (Å²) in [5, 5.41) is 3.25. The van der Waals surface area contributed by atoms with Gasteiger partial charge in [-0.2, -0.15) is 0 Å². The number of aryl methyl sites for hydroxylation is 2. The molecule has 0 bridgehead atoms. The van der Waals surface area contributed by atoms with E-state index in [1.807, 2.05) is 26.8 Å². The Bertz CT molecular complexity index is 282. The Labute approximate surface area is 91.1 Å². The predicted octanol–water partition coefficient (Wildman–Crippen LogP) is 1.93. The van der Waals surface area contributed by atoms with Crippen LogP contribution in [0.1, 0.15) is 24.9 Å². The van der Waals surface area contributed by atoms with Crippen LogP contribution in [0, 0.1) is 13.8 Å². The maximum Gasteiger partial charge on any atom is 0.129 e. The zero-order valence-electron chi connectivity index (χ0n) is 9.71. The lowest BCUT2D eigenvalue weighted by molar-refractivity contribution is 0.147. The van der Waals surface area contributed by atoms with Gasteiger partial charge in [0.05, 0.1) is 0 Å². The molecule has 0 fully saturated rings. The summed E-state index contributed by atoms with van der Waals surface area (Å²) in [6, 6.07) is 1.95. The van der Waals surface area contributed by atoms with E-state index >= 15 is 0 Å². The van der Waals surface area contributed by atoms with Gasteiger partial charge < -0.3 is 10.1 Å². The van der Waals surface area contributed by atoms with E-state index in [4.69, 9.17) is 4.74 Å². The maximum absolute atomic E-state index is 5.25. The van der Waals surface area contributed by atoms with E-state index in [0.717, 1.165) is 43.5 Å². The molecule has 84 valence electrons. The first-order chi connectivity index (χ1) is 7.22. The summed E-state index contributed by atoms with van der Waals surface area (Å²) < 4.78 is 5.25. The van der Waals surface area contributed by atoms with Gasteiger partial charge in [0.1, 0.15) is 11.6 Å². The summed E-state index contributed by atoms with van der Waals surface area (Å²) in [5.41, 5.74) is 0.995. The Morgan fingerprint density at radius 2 is 2.13 bits per heavy atom. The minimum Gasteiger partial charge on any atom is -0.382 e. The molecule has 0 amide bonds. The minimum atomic E-state index is 0.783. The van der Waals surface area contributed by atoms with Crippen LogP contribution in [0.15, 0.2) is 6.07 Å². The molecule has 0 spiro atoms. The highest BCUT2D eigenvalue weighted by molar-refractivity contribution is 5.35. The van der Waals surface area contributed by atoms with Crippen molar-refractivity contribution in [1.82, 2.24) is 9.97 Å². The van der Waals surface area contributed by atoms with Crippen molar-refractivity contribution in [2.24, 2.45) is 0 Å². The van der Waals surface area contributed by atoms with Crippen molar-refractivity contribution in [3.8, 4) is 0 Å². The second-order valence-corrected chi connectivity index (χ2v) is 3.42. The summed E-state index contributed by atoms with van der Waals surface area (Å²) in [6.07, 6.45) is 0.996. The Morgan fingerprint density at radius 1 is 1.33 bits per heavy atom. The van der Waals surface area contributed by atoms with Crippen LogP contribution in [0.3, 0.4) is 0 Å². The highest BCUT2D eigenvalue weighted by Crippen LogP contribution is 2.05. The van der Waals surface area contributed by atoms with E-state index in [2.05, 4.69) is 15.3 Å². The van der Waals surface area contributed by atoms with Crippen molar-refractivity contribution in [1.29, 1.82) is 0 Å². The van der Waals surface area contributed by atoms with E-state index in [1.54, 1.807) is 0 Å². The number of hydrogen-bond acceptors (Lipinski definition) is 4. The van der Waals surface area contributed by atoms with E-state index in [-0.39, 0.29) is 0 Å². The molecule has 15 heavy (non-hydrogen) atoms. The van der Waals surface area contributed by atoms with E-state index in [0.29, 0.717) is 0 Å². The Balaban J connectivity index is 2.31. The minimum absolute atomic E-state index is 0.783. The molecule has 0 saturated heterocycles. The third-order valence-electron chi connectivity index (χ3n) is 1.94. The van der Waals surface area contributed by atoms with Gasteiger partial charge in [0.2, 0.25) is 0 Å². The zero-order valence-corrected chi connectivity index (χ0v) is 9.71. The Hall–Kier alpha value is -1.16. The lowest BCUT2D eigenvalue weighted by Gasteiger charge is -2.06. The SMILES string of the molecule is CCOCCCNc1cc(C)nc(C)n1. The van der Waals surface area contributed by atoms with Crippen molar-refractivity contribution in [3.63, 3.8) is 0 Å². The molecule has 0 aliphatic heterocycles. The first kappa shape index (κ1) is 11.9. The number of rotatable bonds is 6. The molecular formula is C11H19N3O. The van der Waals surface area contributed by atoms with Crippen LogP contribution in [-0.4, -0.2) is 29.7 Å². The normalized spacial score (nSPS) is 10.3. The number of hydrogen-bond donors (Lipinski definition) is 1. The fourth-order valence-electron chi connectivity index (χ4n) is 1.34. The summed E-state index contributed by atoms with van der Waals surface area (Å²) in [6.45, 7) is 8.34. The lowest BCUT2D eigenvalue weighted by Crippen LogP contribution is -2.08. The number of nitrogens with one attached hydrogen (secondary N) is 1. The van der Waals surface area contributed by atoms with Gasteiger partial charge in [-0.25, -0.2) is 9.97 Å². The molecule has 0 radical (unpaired) electrons. The van der Waals surface area contributed by atoms with Crippen molar-refractivity contribution in [3.05, 3.63) is 17.6 Å². The first-order valence-corrected chi connectivity index (χ1v) is 5.36. The molecule has 0 unspecified atom stereocenters. The second-order valence-electron chi connectivity index (χ2n) is 3.42. The van der Waals surface area contributed by atoms with Gasteiger partial charge in [-0.05, 0) is 27.2 Å². The standard InChI is InChI=1S/C11H19N3O/c1-4-15-7-5-6-12-11-8-9(2)13-10(3)14-11/h8H,4-7H2,1-3H3,(H,12,13,14). The van der Waals surface area contributed by atoms with Crippen LogP contribution >= 0.6 is 0 Å². The molecule has 0 atom stereocenters. The van der Waals surface area contributed by atoms with Gasteiger partial charge in [0.15, 0.2) is 0 Å². The molecule has 1 aromatic heterocycles. The van der Waals surface area contributed by atoms with Gasteiger partial charge in [-0.1, -0.05) is 0 Å². The summed E-state index contributed by atoms with van der Waals surface area (Å²) >= 11 is 0. The number of nitrogens with zero attached hydrogens (tertiary/aromatic N) is 2. The van der Waals surface area contributed by atoms with Crippen LogP contribution in [0.25, 0.3) is 0 Å². The van der Waals surface area contributed by atoms with Crippen molar-refractivity contribution in [2.75, 3.05) is 25.1 Å². The fourth-order valence-corrected chi connectivity index (χ4v) is 1.34. The quantitative estimate of drug-likeness (QED) is 0.727. The Kier molecular flexibility index (Phi) is 5.04. The predicted molar refractivity (Wildman–Crippen MR) is 61.1 cm³/mol. The molecule has 1 aromatic rings. The molecule has 4 nitrogen and oxygen atoms in total. The smallest absolute Gasteiger partial charge is 0.129 e. The summed E-state index contributed by atoms with van der Waals surface area (Å²) in [4.78, 5) is 8.50. The van der Waals surface area contributed by atoms with Crippen LogP contribution in [0.2, 0.25) is 0 Å². The van der Waals surface area contributed by atoms with Crippen molar-refractivity contribution in [2.45, 2.75) is 27.2 Å². The molecule has 1 N–H and O–H groups in total. The van der Waals surface area contributed by atoms with Crippen LogP contribution in [0.5, 0.6) is 0 Å². The fraction of sp³-hybridized carbons (Fsp3) is 0.636. The van der Waals surface area contributed by atoms with E-state index in [1.165, 1.54) is 0 Å². The maximum atomic E-state index is 5.25. The molecular weight excluding hydrogens is 190 g/mol. The number of aromatic nitrogens is 2. The van der Waals surface area contributed by atoms with Crippen LogP contribution in [0.4, 0.5) is 5.82 Å². The topological polar surface area (TPSA) is 47.0 Å². The monoisotopic (exact) mass is 209 g/mol. The third kappa shape index (κ3) is 4.74. The molecule has 0 aliphatic carbocycles. The molecule has 1 rings (SSSR count). The highest BCUT2D eigenvalue weighted by atomic mass is 16.5. The highest BCUT2D eigenvalue weighted by Gasteiger charge is 1.97. The van der Waals surface area contributed by atoms with E-state index < -0.39 is 0 Å². The van der Waals surface area contributed by atoms with Gasteiger partial charge >= 0.3 is 0 Å². The van der Waals surface area contributed by atoms with Crippen molar-refractivity contribution >= 4 is 5.82 Å². The summed E-state index contributed by atoms with van der Waals surface area (Å²) in [5.74, 6) is 1.71. The van der Waals surface area contributed by atoms with Gasteiger partial charge in [0.25, 0.3) is 0 Å². The van der Waals surface area contributed by atoms with E-state index in [9.17, 15) is 0 Å². The molecule has 4 heteroatoms. The number of ether oxygens (including phenoxy) is 1. The number of anilines is 1. The molecule has 0 aromatic carbocycles. The first-order valence-electron chi connectivity index (χ1n) is 5.36. The summed E-state index contributed by atoms with van der Waals surface area (Å²) in [7, 11) is 0. The van der Waals surface area contributed by atoms with Crippen molar-refractivity contribution < 1.29 is 4.74 Å². The average Bonchev–Trinajstić information content (AvgIpc) is 2.16. The second kappa shape index (κ2) is 6.35. The molecule has 0 saturated carbocycles. The van der Waals surface area contributed by atoms with Crippen LogP contribution < -0.4 is 5.32 Å². The average molecular weight is 209 g/mol.